The van der Waals surface area contributed by atoms with Gasteiger partial charge >= 0.3 is 0 Å². The summed E-state index contributed by atoms with van der Waals surface area (Å²) in [6, 6.07) is 9.85. The highest BCUT2D eigenvalue weighted by molar-refractivity contribution is 5.92. The van der Waals surface area contributed by atoms with Gasteiger partial charge in [-0.15, -0.1) is 0 Å². The Labute approximate surface area is 142 Å². The number of benzene rings is 1. The Morgan fingerprint density at radius 2 is 1.88 bits per heavy atom. The Balaban J connectivity index is 1.76. The van der Waals surface area contributed by atoms with E-state index in [-0.39, 0.29) is 12.3 Å². The van der Waals surface area contributed by atoms with Crippen LogP contribution < -0.4 is 5.32 Å². The Morgan fingerprint density at radius 1 is 1.21 bits per heavy atom. The van der Waals surface area contributed by atoms with Crippen LogP contribution in [0.2, 0.25) is 0 Å². The summed E-state index contributed by atoms with van der Waals surface area (Å²) in [6.07, 6.45) is 4.71. The molecule has 1 aliphatic rings. The third-order valence-corrected chi connectivity index (χ3v) is 4.83. The molecular formula is C19H25N3O2. The summed E-state index contributed by atoms with van der Waals surface area (Å²) < 4.78 is 1.83. The lowest BCUT2D eigenvalue weighted by Gasteiger charge is -2.31. The molecule has 1 amide bonds. The number of carbonyl (C=O) groups is 1. The van der Waals surface area contributed by atoms with Crippen LogP contribution in [0.5, 0.6) is 0 Å². The van der Waals surface area contributed by atoms with Crippen LogP contribution in [0.15, 0.2) is 30.3 Å². The van der Waals surface area contributed by atoms with E-state index in [0.29, 0.717) is 12.8 Å². The highest BCUT2D eigenvalue weighted by Gasteiger charge is 2.32. The van der Waals surface area contributed by atoms with Gasteiger partial charge < -0.3 is 10.4 Å². The molecule has 2 N–H and O–H groups in total. The zero-order valence-electron chi connectivity index (χ0n) is 14.4. The molecule has 128 valence electrons. The first kappa shape index (κ1) is 16.7. The summed E-state index contributed by atoms with van der Waals surface area (Å²) in [5.41, 5.74) is 2.52. The van der Waals surface area contributed by atoms with Crippen LogP contribution in [0.25, 0.3) is 5.69 Å². The molecule has 1 saturated carbocycles. The fourth-order valence-electron chi connectivity index (χ4n) is 3.51. The van der Waals surface area contributed by atoms with Crippen molar-refractivity contribution in [2.75, 3.05) is 5.32 Å². The molecule has 1 aromatic carbocycles. The number of nitrogens with one attached hydrogen (secondary N) is 1. The summed E-state index contributed by atoms with van der Waals surface area (Å²) in [4.78, 5) is 12.4. The van der Waals surface area contributed by atoms with Crippen molar-refractivity contribution in [3.8, 4) is 5.69 Å². The molecule has 2 aromatic rings. The number of aliphatic hydroxyl groups is 1. The number of para-hydroxylation sites is 1. The number of rotatable bonds is 4. The lowest BCUT2D eigenvalue weighted by molar-refractivity contribution is -0.122. The molecule has 5 nitrogen and oxygen atoms in total. The Bertz CT molecular complexity index is 716. The number of nitrogens with zero attached hydrogens (tertiary/aromatic N) is 2. The fraction of sp³-hybridized carbons (Fsp3) is 0.474. The first-order valence-corrected chi connectivity index (χ1v) is 8.62. The monoisotopic (exact) mass is 327 g/mol. The summed E-state index contributed by atoms with van der Waals surface area (Å²) in [7, 11) is 0. The Kier molecular flexibility index (Phi) is 4.71. The van der Waals surface area contributed by atoms with Crippen LogP contribution in [0.4, 0.5) is 5.69 Å². The van der Waals surface area contributed by atoms with Crippen LogP contribution >= 0.6 is 0 Å². The van der Waals surface area contributed by atoms with Gasteiger partial charge in [-0.3, -0.25) is 4.79 Å². The topological polar surface area (TPSA) is 67.2 Å². The first-order chi connectivity index (χ1) is 11.5. The molecule has 24 heavy (non-hydrogen) atoms. The molecule has 1 fully saturated rings. The number of aromatic nitrogens is 2. The van der Waals surface area contributed by atoms with Crippen molar-refractivity contribution in [1.82, 2.24) is 9.78 Å². The minimum atomic E-state index is -0.848. The van der Waals surface area contributed by atoms with Crippen LogP contribution in [0.3, 0.4) is 0 Å². The average Bonchev–Trinajstić information content (AvgIpc) is 2.84. The maximum Gasteiger partial charge on any atom is 0.227 e. The van der Waals surface area contributed by atoms with Gasteiger partial charge in [-0.05, 0) is 38.8 Å². The van der Waals surface area contributed by atoms with Crippen LogP contribution in [0.1, 0.15) is 49.9 Å². The third kappa shape index (κ3) is 3.51. The molecule has 3 rings (SSSR count). The number of hydrogen-bond donors (Lipinski definition) is 2. The minimum Gasteiger partial charge on any atom is -0.389 e. The van der Waals surface area contributed by atoms with Gasteiger partial charge in [-0.25, -0.2) is 4.68 Å². The van der Waals surface area contributed by atoms with E-state index in [0.717, 1.165) is 42.0 Å². The average molecular weight is 327 g/mol. The second kappa shape index (κ2) is 6.77. The lowest BCUT2D eigenvalue weighted by atomic mass is 9.82. The van der Waals surface area contributed by atoms with Crippen molar-refractivity contribution < 1.29 is 9.90 Å². The number of anilines is 1. The van der Waals surface area contributed by atoms with Crippen LogP contribution in [0, 0.1) is 13.8 Å². The van der Waals surface area contributed by atoms with E-state index >= 15 is 0 Å². The standard InChI is InChI=1S/C19H25N3O2/c1-14-18(15(2)22(21-14)16-9-5-3-6-10-16)20-17(23)13-19(24)11-7-4-8-12-19/h3,5-6,9-10,24H,4,7-8,11-13H2,1-2H3,(H,20,23). The molecule has 1 aromatic heterocycles. The van der Waals surface area contributed by atoms with E-state index in [1.54, 1.807) is 0 Å². The summed E-state index contributed by atoms with van der Waals surface area (Å²) >= 11 is 0. The summed E-state index contributed by atoms with van der Waals surface area (Å²) in [5.74, 6) is -0.141. The highest BCUT2D eigenvalue weighted by Crippen LogP contribution is 2.31. The zero-order valence-corrected chi connectivity index (χ0v) is 14.4. The predicted molar refractivity (Wildman–Crippen MR) is 94.3 cm³/mol. The van der Waals surface area contributed by atoms with Crippen molar-refractivity contribution >= 4 is 11.6 Å². The van der Waals surface area contributed by atoms with Gasteiger partial charge in [-0.2, -0.15) is 5.10 Å². The van der Waals surface area contributed by atoms with Gasteiger partial charge in [0, 0.05) is 0 Å². The van der Waals surface area contributed by atoms with Crippen molar-refractivity contribution in [3.05, 3.63) is 41.7 Å². The smallest absolute Gasteiger partial charge is 0.227 e. The number of amides is 1. The van der Waals surface area contributed by atoms with E-state index < -0.39 is 5.60 Å². The fourth-order valence-corrected chi connectivity index (χ4v) is 3.51. The van der Waals surface area contributed by atoms with Crippen molar-refractivity contribution in [2.24, 2.45) is 0 Å². The van der Waals surface area contributed by atoms with E-state index in [4.69, 9.17) is 0 Å². The molecule has 0 saturated heterocycles. The molecule has 5 heteroatoms. The SMILES string of the molecule is Cc1nn(-c2ccccc2)c(C)c1NC(=O)CC1(O)CCCCC1. The maximum absolute atomic E-state index is 12.4. The van der Waals surface area contributed by atoms with E-state index in [2.05, 4.69) is 10.4 Å². The van der Waals surface area contributed by atoms with Gasteiger partial charge in [0.15, 0.2) is 0 Å². The predicted octanol–water partition coefficient (Wildman–Crippen LogP) is 3.51. The van der Waals surface area contributed by atoms with Crippen LogP contribution in [-0.4, -0.2) is 26.4 Å². The molecule has 0 atom stereocenters. The summed E-state index contributed by atoms with van der Waals surface area (Å²) in [6.45, 7) is 3.83. The number of hydrogen-bond acceptors (Lipinski definition) is 3. The normalized spacial score (nSPS) is 16.8. The Morgan fingerprint density at radius 3 is 2.54 bits per heavy atom. The van der Waals surface area contributed by atoms with Gasteiger partial charge in [0.25, 0.3) is 0 Å². The lowest BCUT2D eigenvalue weighted by Crippen LogP contribution is -2.36. The van der Waals surface area contributed by atoms with E-state index in [1.165, 1.54) is 0 Å². The molecule has 0 spiro atoms. The zero-order chi connectivity index (χ0) is 17.2. The highest BCUT2D eigenvalue weighted by atomic mass is 16.3. The molecule has 1 aliphatic carbocycles. The van der Waals surface area contributed by atoms with E-state index in [9.17, 15) is 9.90 Å². The molecular weight excluding hydrogens is 302 g/mol. The maximum atomic E-state index is 12.4. The van der Waals surface area contributed by atoms with Gasteiger partial charge in [-0.1, -0.05) is 37.5 Å². The second-order valence-corrected chi connectivity index (χ2v) is 6.80. The Hall–Kier alpha value is -2.14. The van der Waals surface area contributed by atoms with Gasteiger partial charge in [0.2, 0.25) is 5.91 Å². The molecule has 0 aliphatic heterocycles. The second-order valence-electron chi connectivity index (χ2n) is 6.80. The third-order valence-electron chi connectivity index (χ3n) is 4.83. The quantitative estimate of drug-likeness (QED) is 0.903. The number of aryl methyl sites for hydroxylation is 1. The van der Waals surface area contributed by atoms with Crippen molar-refractivity contribution in [3.63, 3.8) is 0 Å². The first-order valence-electron chi connectivity index (χ1n) is 8.62. The molecule has 0 radical (unpaired) electrons. The van der Waals surface area contributed by atoms with Gasteiger partial charge in [0.05, 0.1) is 34.8 Å². The molecule has 0 unspecified atom stereocenters. The van der Waals surface area contributed by atoms with Crippen LogP contribution in [-0.2, 0) is 4.79 Å². The van der Waals surface area contributed by atoms with Crippen molar-refractivity contribution in [2.45, 2.75) is 58.0 Å². The van der Waals surface area contributed by atoms with Crippen molar-refractivity contribution in [1.29, 1.82) is 0 Å². The van der Waals surface area contributed by atoms with Gasteiger partial charge in [0.1, 0.15) is 0 Å². The summed E-state index contributed by atoms with van der Waals surface area (Å²) in [5, 5.41) is 18.1. The minimum absolute atomic E-state index is 0.141. The largest absolute Gasteiger partial charge is 0.389 e. The van der Waals surface area contributed by atoms with E-state index in [1.807, 2.05) is 48.9 Å². The number of carbonyl (C=O) groups excluding carboxylic acids is 1. The molecule has 1 heterocycles. The molecule has 0 bridgehead atoms.